The highest BCUT2D eigenvalue weighted by Gasteiger charge is 1.97. The van der Waals surface area contributed by atoms with Crippen molar-refractivity contribution in [1.82, 2.24) is 0 Å². The summed E-state index contributed by atoms with van der Waals surface area (Å²) >= 11 is 1.66. The average Bonchev–Trinajstić information content (AvgIpc) is 2.41. The Balaban J connectivity index is 2.05. The molecule has 0 aliphatic heterocycles. The first-order valence-electron chi connectivity index (χ1n) is 5.66. The van der Waals surface area contributed by atoms with E-state index in [1.165, 1.54) is 5.56 Å². The first kappa shape index (κ1) is 12.6. The summed E-state index contributed by atoms with van der Waals surface area (Å²) in [5, 5.41) is 8.20. The lowest BCUT2D eigenvalue weighted by atomic mass is 10.2. The molecule has 0 heterocycles. The molecule has 2 aromatic carbocycles. The summed E-state index contributed by atoms with van der Waals surface area (Å²) in [7, 11) is 0. The van der Waals surface area contributed by atoms with Crippen molar-refractivity contribution in [3.8, 4) is 0 Å². The molecule has 0 aliphatic rings. The predicted octanol–water partition coefficient (Wildman–Crippen LogP) is 4.83. The Morgan fingerprint density at radius 3 is 2.44 bits per heavy atom. The molecule has 0 bridgehead atoms. The summed E-state index contributed by atoms with van der Waals surface area (Å²) in [5.74, 6) is 0. The number of aryl methyl sites for hydroxylation is 1. The molecule has 0 unspecified atom stereocenters. The van der Waals surface area contributed by atoms with Gasteiger partial charge in [-0.25, -0.2) is 0 Å². The normalized spacial score (nSPS) is 10.8. The lowest BCUT2D eigenvalue weighted by Crippen LogP contribution is -1.86. The molecule has 1 N–H and O–H groups in total. The number of nitrogens with one attached hydrogen (secondary N) is 1. The van der Waals surface area contributed by atoms with Crippen molar-refractivity contribution in [1.29, 1.82) is 0 Å². The summed E-state index contributed by atoms with van der Waals surface area (Å²) in [6.45, 7) is 2.06. The van der Waals surface area contributed by atoms with Crippen LogP contribution in [-0.2, 0) is 0 Å². The van der Waals surface area contributed by atoms with E-state index in [9.17, 15) is 0 Å². The fraction of sp³-hybridized carbons (Fsp3) is 0.143. The highest BCUT2D eigenvalue weighted by molar-refractivity contribution is 7.98. The van der Waals surface area contributed by atoms with Gasteiger partial charge in [0.05, 0.1) is 5.69 Å². The molecular formula is C14H15N3S. The van der Waals surface area contributed by atoms with Crippen molar-refractivity contribution < 1.29 is 0 Å². The third-order valence-corrected chi connectivity index (χ3v) is 3.26. The smallest absolute Gasteiger partial charge is 0.101 e. The minimum absolute atomic E-state index is 0.879. The van der Waals surface area contributed by atoms with Crippen LogP contribution in [-0.4, -0.2) is 6.26 Å². The van der Waals surface area contributed by atoms with Crippen molar-refractivity contribution in [2.75, 3.05) is 11.7 Å². The average molecular weight is 257 g/mol. The summed E-state index contributed by atoms with van der Waals surface area (Å²) in [6.07, 6.45) is 2.03. The Morgan fingerprint density at radius 1 is 1.00 bits per heavy atom. The number of rotatable bonds is 4. The topological polar surface area (TPSA) is 36.8 Å². The largest absolute Gasteiger partial charge is 0.260 e. The third kappa shape index (κ3) is 3.34. The van der Waals surface area contributed by atoms with Crippen molar-refractivity contribution in [2.45, 2.75) is 11.8 Å². The molecule has 0 radical (unpaired) electrons. The molecule has 3 nitrogen and oxygen atoms in total. The van der Waals surface area contributed by atoms with Crippen LogP contribution in [0.25, 0.3) is 0 Å². The summed E-state index contributed by atoms with van der Waals surface area (Å²) < 4.78 is 0. The molecule has 0 aliphatic carbocycles. The van der Waals surface area contributed by atoms with E-state index in [0.717, 1.165) is 16.3 Å². The zero-order valence-electron chi connectivity index (χ0n) is 10.4. The van der Waals surface area contributed by atoms with Crippen LogP contribution in [0, 0.1) is 6.92 Å². The maximum Gasteiger partial charge on any atom is 0.101 e. The number of anilines is 1. The van der Waals surface area contributed by atoms with Crippen LogP contribution in [0.5, 0.6) is 0 Å². The SMILES string of the molecule is CSc1ccccc1N=NNc1ccc(C)cc1. The van der Waals surface area contributed by atoms with Crippen molar-refractivity contribution in [2.24, 2.45) is 10.3 Å². The van der Waals surface area contributed by atoms with Crippen molar-refractivity contribution in [3.05, 3.63) is 54.1 Å². The molecule has 0 spiro atoms. The van der Waals surface area contributed by atoms with Crippen LogP contribution in [0.15, 0.2) is 63.8 Å². The molecule has 2 aromatic rings. The van der Waals surface area contributed by atoms with E-state index in [4.69, 9.17) is 0 Å². The van der Waals surface area contributed by atoms with Crippen LogP contribution in [0.3, 0.4) is 0 Å². The van der Waals surface area contributed by atoms with Crippen molar-refractivity contribution >= 4 is 23.1 Å². The number of hydrogen-bond acceptors (Lipinski definition) is 3. The second kappa shape index (κ2) is 6.21. The van der Waals surface area contributed by atoms with Crippen LogP contribution >= 0.6 is 11.8 Å². The number of nitrogens with zero attached hydrogens (tertiary/aromatic N) is 2. The third-order valence-electron chi connectivity index (χ3n) is 2.47. The number of hydrogen-bond donors (Lipinski definition) is 1. The fourth-order valence-corrected chi connectivity index (χ4v) is 2.01. The lowest BCUT2D eigenvalue weighted by molar-refractivity contribution is 1.11. The van der Waals surface area contributed by atoms with Gasteiger partial charge in [-0.1, -0.05) is 35.1 Å². The van der Waals surface area contributed by atoms with E-state index in [1.807, 2.05) is 54.8 Å². The Morgan fingerprint density at radius 2 is 1.72 bits per heavy atom. The van der Waals surface area contributed by atoms with E-state index < -0.39 is 0 Å². The molecule has 4 heteroatoms. The molecule has 0 fully saturated rings. The fourth-order valence-electron chi connectivity index (χ4n) is 1.48. The van der Waals surface area contributed by atoms with Gasteiger partial charge >= 0.3 is 0 Å². The minimum atomic E-state index is 0.879. The molecule has 0 amide bonds. The van der Waals surface area contributed by atoms with Crippen LogP contribution in [0.4, 0.5) is 11.4 Å². The Bertz CT molecular complexity index is 535. The standard InChI is InChI=1S/C14H15N3S/c1-11-7-9-12(10-8-11)15-17-16-13-5-3-4-6-14(13)18-2/h3-10H,1-2H3,(H,15,16). The Kier molecular flexibility index (Phi) is 4.36. The van der Waals surface area contributed by atoms with Gasteiger partial charge < -0.3 is 0 Å². The van der Waals surface area contributed by atoms with Gasteiger partial charge in [0.25, 0.3) is 0 Å². The Hall–Kier alpha value is -1.81. The van der Waals surface area contributed by atoms with E-state index in [2.05, 4.69) is 22.7 Å². The summed E-state index contributed by atoms with van der Waals surface area (Å²) in [4.78, 5) is 1.12. The molecule has 0 saturated carbocycles. The van der Waals surface area contributed by atoms with Gasteiger partial charge in [-0.2, -0.15) is 0 Å². The molecule has 0 saturated heterocycles. The maximum atomic E-state index is 4.19. The van der Waals surface area contributed by atoms with Gasteiger partial charge in [0, 0.05) is 4.90 Å². The maximum absolute atomic E-state index is 4.19. The first-order chi connectivity index (χ1) is 8.79. The van der Waals surface area contributed by atoms with Gasteiger partial charge in [0.2, 0.25) is 0 Å². The molecular weight excluding hydrogens is 242 g/mol. The monoisotopic (exact) mass is 257 g/mol. The van der Waals surface area contributed by atoms with E-state index in [-0.39, 0.29) is 0 Å². The van der Waals surface area contributed by atoms with Crippen LogP contribution in [0.1, 0.15) is 5.56 Å². The van der Waals surface area contributed by atoms with E-state index >= 15 is 0 Å². The number of benzene rings is 2. The first-order valence-corrected chi connectivity index (χ1v) is 6.88. The van der Waals surface area contributed by atoms with Crippen LogP contribution < -0.4 is 5.43 Å². The van der Waals surface area contributed by atoms with Gasteiger partial charge in [-0.3, -0.25) is 5.43 Å². The highest BCUT2D eigenvalue weighted by atomic mass is 32.2. The van der Waals surface area contributed by atoms with Crippen LogP contribution in [0.2, 0.25) is 0 Å². The summed E-state index contributed by atoms with van der Waals surface area (Å²) in [5.41, 5.74) is 5.96. The molecule has 0 atom stereocenters. The number of thioether (sulfide) groups is 1. The quantitative estimate of drug-likeness (QED) is 0.484. The minimum Gasteiger partial charge on any atom is -0.260 e. The van der Waals surface area contributed by atoms with Gasteiger partial charge in [0.1, 0.15) is 5.69 Å². The van der Waals surface area contributed by atoms with Gasteiger partial charge in [-0.05, 0) is 37.4 Å². The second-order valence-electron chi connectivity index (χ2n) is 3.85. The predicted molar refractivity (Wildman–Crippen MR) is 77.5 cm³/mol. The van der Waals surface area contributed by atoms with E-state index in [0.29, 0.717) is 0 Å². The zero-order chi connectivity index (χ0) is 12.8. The van der Waals surface area contributed by atoms with E-state index in [1.54, 1.807) is 11.8 Å². The zero-order valence-corrected chi connectivity index (χ0v) is 11.2. The second-order valence-corrected chi connectivity index (χ2v) is 4.70. The highest BCUT2D eigenvalue weighted by Crippen LogP contribution is 2.27. The summed E-state index contributed by atoms with van der Waals surface area (Å²) in [6, 6.07) is 16.0. The lowest BCUT2D eigenvalue weighted by Gasteiger charge is -2.01. The molecule has 92 valence electrons. The van der Waals surface area contributed by atoms with Gasteiger partial charge in [0.15, 0.2) is 0 Å². The molecule has 2 rings (SSSR count). The Labute approximate surface area is 111 Å². The van der Waals surface area contributed by atoms with Gasteiger partial charge in [-0.15, -0.1) is 16.9 Å². The molecule has 18 heavy (non-hydrogen) atoms. The van der Waals surface area contributed by atoms with Crippen molar-refractivity contribution in [3.63, 3.8) is 0 Å². The molecule has 0 aromatic heterocycles.